The average molecular weight is 395 g/mol. The minimum absolute atomic E-state index is 0.124. The van der Waals surface area contributed by atoms with Gasteiger partial charge in [-0.2, -0.15) is 0 Å². The summed E-state index contributed by atoms with van der Waals surface area (Å²) in [7, 11) is 0. The van der Waals surface area contributed by atoms with Crippen molar-refractivity contribution in [3.63, 3.8) is 0 Å². The van der Waals surface area contributed by atoms with Crippen molar-refractivity contribution >= 4 is 22.8 Å². The van der Waals surface area contributed by atoms with E-state index in [-0.39, 0.29) is 10.6 Å². The molecule has 4 rings (SSSR count). The molecule has 0 radical (unpaired) electrons. The number of anilines is 1. The first-order valence-electron chi connectivity index (χ1n) is 9.42. The molecule has 1 aromatic carbocycles. The van der Waals surface area contributed by atoms with Crippen LogP contribution in [0.25, 0.3) is 10.4 Å². The Morgan fingerprint density at radius 1 is 1.11 bits per heavy atom. The van der Waals surface area contributed by atoms with E-state index in [1.807, 2.05) is 30.5 Å². The number of hydrogen-bond acceptors (Lipinski definition) is 6. The number of thiophene rings is 1. The van der Waals surface area contributed by atoms with Crippen LogP contribution in [-0.2, 0) is 6.54 Å². The zero-order chi connectivity index (χ0) is 19.3. The molecule has 2 aromatic heterocycles. The molecule has 0 unspecified atom stereocenters. The molecular weight excluding hydrogens is 372 g/mol. The highest BCUT2D eigenvalue weighted by atomic mass is 32.1. The van der Waals surface area contributed by atoms with Gasteiger partial charge in [0.2, 0.25) is 0 Å². The molecule has 0 saturated carbocycles. The van der Waals surface area contributed by atoms with Gasteiger partial charge in [0.25, 0.3) is 5.69 Å². The van der Waals surface area contributed by atoms with Crippen molar-refractivity contribution in [2.45, 2.75) is 25.4 Å². The first-order chi connectivity index (χ1) is 13.7. The molecule has 0 aliphatic carbocycles. The predicted molar refractivity (Wildman–Crippen MR) is 113 cm³/mol. The van der Waals surface area contributed by atoms with Crippen molar-refractivity contribution in [2.75, 3.05) is 18.0 Å². The monoisotopic (exact) mass is 394 g/mol. The molecule has 144 valence electrons. The molecule has 28 heavy (non-hydrogen) atoms. The van der Waals surface area contributed by atoms with Crippen LogP contribution in [0, 0.1) is 10.1 Å². The minimum Gasteiger partial charge on any atom is -0.357 e. The Bertz CT molecular complexity index is 919. The third-order valence-corrected chi connectivity index (χ3v) is 6.19. The molecule has 0 bridgehead atoms. The summed E-state index contributed by atoms with van der Waals surface area (Å²) in [6.45, 7) is 2.90. The van der Waals surface area contributed by atoms with Gasteiger partial charge in [-0.15, -0.1) is 11.3 Å². The van der Waals surface area contributed by atoms with Crippen molar-refractivity contribution < 1.29 is 4.92 Å². The van der Waals surface area contributed by atoms with Gasteiger partial charge >= 0.3 is 0 Å². The number of rotatable bonds is 6. The van der Waals surface area contributed by atoms with Crippen LogP contribution in [0.3, 0.4) is 0 Å². The lowest BCUT2D eigenvalue weighted by Crippen LogP contribution is -2.42. The summed E-state index contributed by atoms with van der Waals surface area (Å²) in [5.41, 5.74) is 1.14. The molecule has 1 saturated heterocycles. The lowest BCUT2D eigenvalue weighted by Gasteiger charge is -2.33. The smallest absolute Gasteiger partial charge is 0.269 e. The molecule has 1 aliphatic heterocycles. The van der Waals surface area contributed by atoms with Crippen molar-refractivity contribution in [3.8, 4) is 10.4 Å². The van der Waals surface area contributed by atoms with Gasteiger partial charge in [0.15, 0.2) is 0 Å². The first kappa shape index (κ1) is 18.6. The molecular formula is C21H22N4O2S. The topological polar surface area (TPSA) is 71.3 Å². The van der Waals surface area contributed by atoms with E-state index in [9.17, 15) is 10.1 Å². The Kier molecular flexibility index (Phi) is 5.64. The number of nitrogens with one attached hydrogen (secondary N) is 1. The summed E-state index contributed by atoms with van der Waals surface area (Å²) in [6.07, 6.45) is 4.06. The maximum Gasteiger partial charge on any atom is 0.269 e. The molecule has 0 amide bonds. The van der Waals surface area contributed by atoms with Crippen LogP contribution >= 0.6 is 11.3 Å². The van der Waals surface area contributed by atoms with Crippen molar-refractivity contribution in [1.29, 1.82) is 0 Å². The highest BCUT2D eigenvalue weighted by Gasteiger charge is 2.19. The van der Waals surface area contributed by atoms with E-state index >= 15 is 0 Å². The van der Waals surface area contributed by atoms with Crippen molar-refractivity contribution in [2.24, 2.45) is 0 Å². The summed E-state index contributed by atoms with van der Waals surface area (Å²) in [5, 5.41) is 14.5. The fourth-order valence-corrected chi connectivity index (χ4v) is 4.44. The fourth-order valence-electron chi connectivity index (χ4n) is 3.47. The molecule has 3 heterocycles. The number of benzene rings is 1. The third kappa shape index (κ3) is 4.37. The van der Waals surface area contributed by atoms with Gasteiger partial charge < -0.3 is 10.2 Å². The highest BCUT2D eigenvalue weighted by Crippen LogP contribution is 2.29. The second kappa shape index (κ2) is 8.50. The predicted octanol–water partition coefficient (Wildman–Crippen LogP) is 4.48. The van der Waals surface area contributed by atoms with E-state index < -0.39 is 0 Å². The molecule has 1 N–H and O–H groups in total. The number of aromatic nitrogens is 1. The Morgan fingerprint density at radius 3 is 2.57 bits per heavy atom. The number of nitro benzene ring substituents is 1. The Hall–Kier alpha value is -2.77. The van der Waals surface area contributed by atoms with E-state index in [1.54, 1.807) is 23.5 Å². The van der Waals surface area contributed by atoms with Gasteiger partial charge in [0, 0.05) is 53.8 Å². The molecule has 1 fully saturated rings. The first-order valence-corrected chi connectivity index (χ1v) is 10.2. The van der Waals surface area contributed by atoms with Crippen LogP contribution in [0.4, 0.5) is 11.5 Å². The lowest BCUT2D eigenvalue weighted by molar-refractivity contribution is -0.384. The molecule has 0 spiro atoms. The normalized spacial score (nSPS) is 14.9. The number of non-ortho nitro benzene ring substituents is 1. The molecule has 6 nitrogen and oxygen atoms in total. The van der Waals surface area contributed by atoms with Crippen LogP contribution in [-0.4, -0.2) is 29.0 Å². The summed E-state index contributed by atoms with van der Waals surface area (Å²) in [5.74, 6) is 1.06. The quantitative estimate of drug-likeness (QED) is 0.493. The molecule has 0 atom stereocenters. The van der Waals surface area contributed by atoms with Crippen molar-refractivity contribution in [1.82, 2.24) is 10.3 Å². The standard InChI is InChI=1S/C21H22N4O2S/c26-25(27)18-6-4-16(5-7-18)20-9-8-19(28-20)15-23-17-10-13-24(14-11-17)21-3-1-2-12-22-21/h1-9,12,17,23H,10-11,13-15H2. The van der Waals surface area contributed by atoms with E-state index in [4.69, 9.17) is 0 Å². The second-order valence-corrected chi connectivity index (χ2v) is 8.07. The lowest BCUT2D eigenvalue weighted by atomic mass is 10.1. The average Bonchev–Trinajstić information content (AvgIpc) is 3.22. The minimum atomic E-state index is -0.368. The molecule has 7 heteroatoms. The zero-order valence-corrected chi connectivity index (χ0v) is 16.3. The zero-order valence-electron chi connectivity index (χ0n) is 15.5. The van der Waals surface area contributed by atoms with E-state index in [1.165, 1.54) is 4.88 Å². The Morgan fingerprint density at radius 2 is 1.89 bits per heavy atom. The van der Waals surface area contributed by atoms with Gasteiger partial charge in [-0.1, -0.05) is 6.07 Å². The molecule has 3 aromatic rings. The van der Waals surface area contributed by atoms with Crippen LogP contribution in [0.15, 0.2) is 60.8 Å². The van der Waals surface area contributed by atoms with Gasteiger partial charge in [-0.3, -0.25) is 10.1 Å². The van der Waals surface area contributed by atoms with Crippen LogP contribution < -0.4 is 10.2 Å². The van der Waals surface area contributed by atoms with Crippen LogP contribution in [0.1, 0.15) is 17.7 Å². The van der Waals surface area contributed by atoms with Gasteiger partial charge in [-0.05, 0) is 54.8 Å². The van der Waals surface area contributed by atoms with E-state index in [2.05, 4.69) is 33.4 Å². The third-order valence-electron chi connectivity index (χ3n) is 5.06. The maximum atomic E-state index is 10.8. The summed E-state index contributed by atoms with van der Waals surface area (Å²) in [4.78, 5) is 19.6. The largest absolute Gasteiger partial charge is 0.357 e. The fraction of sp³-hybridized carbons (Fsp3) is 0.286. The summed E-state index contributed by atoms with van der Waals surface area (Å²) < 4.78 is 0. The summed E-state index contributed by atoms with van der Waals surface area (Å²) >= 11 is 1.73. The Labute approximate surface area is 168 Å². The molecule has 1 aliphatic rings. The van der Waals surface area contributed by atoms with E-state index in [0.29, 0.717) is 6.04 Å². The SMILES string of the molecule is O=[N+]([O-])c1ccc(-c2ccc(CNC3CCN(c4ccccn4)CC3)s2)cc1. The van der Waals surface area contributed by atoms with Gasteiger partial charge in [-0.25, -0.2) is 4.98 Å². The van der Waals surface area contributed by atoms with Crippen LogP contribution in [0.2, 0.25) is 0 Å². The Balaban J connectivity index is 1.29. The summed E-state index contributed by atoms with van der Waals surface area (Å²) in [6, 6.07) is 17.5. The van der Waals surface area contributed by atoms with E-state index in [0.717, 1.165) is 48.7 Å². The number of pyridine rings is 1. The number of hydrogen-bond donors (Lipinski definition) is 1. The second-order valence-electron chi connectivity index (χ2n) is 6.90. The van der Waals surface area contributed by atoms with Crippen molar-refractivity contribution in [3.05, 3.63) is 75.8 Å². The maximum absolute atomic E-state index is 10.8. The number of piperidine rings is 1. The number of nitrogens with zero attached hydrogens (tertiary/aromatic N) is 3. The number of nitro groups is 1. The van der Waals surface area contributed by atoms with Crippen LogP contribution in [0.5, 0.6) is 0 Å². The highest BCUT2D eigenvalue weighted by molar-refractivity contribution is 7.15. The van der Waals surface area contributed by atoms with Gasteiger partial charge in [0.1, 0.15) is 5.82 Å². The van der Waals surface area contributed by atoms with Gasteiger partial charge in [0.05, 0.1) is 4.92 Å².